The number of halogens is 1. The van der Waals surface area contributed by atoms with Crippen LogP contribution in [0.3, 0.4) is 0 Å². The number of hydrogen-bond acceptors (Lipinski definition) is 2. The van der Waals surface area contributed by atoms with E-state index in [1.807, 2.05) is 24.3 Å². The first kappa shape index (κ1) is 13.5. The molecule has 0 amide bonds. The fourth-order valence-electron chi connectivity index (χ4n) is 2.35. The molecular formula is C16H17FN4. The quantitative estimate of drug-likeness (QED) is 0.670. The summed E-state index contributed by atoms with van der Waals surface area (Å²) in [5, 5.41) is 2.95. The second-order valence-corrected chi connectivity index (χ2v) is 5.33. The van der Waals surface area contributed by atoms with E-state index in [2.05, 4.69) is 15.3 Å². The van der Waals surface area contributed by atoms with Crippen LogP contribution in [0.5, 0.6) is 0 Å². The predicted octanol–water partition coefficient (Wildman–Crippen LogP) is 2.68. The number of rotatable bonds is 4. The highest BCUT2D eigenvalue weighted by atomic mass is 19.1. The summed E-state index contributed by atoms with van der Waals surface area (Å²) in [6.45, 7) is 0.558. The molecule has 0 aliphatic heterocycles. The van der Waals surface area contributed by atoms with Gasteiger partial charge in [-0.05, 0) is 42.7 Å². The lowest BCUT2D eigenvalue weighted by Crippen LogP contribution is -2.25. The molecule has 0 spiro atoms. The Morgan fingerprint density at radius 2 is 2.14 bits per heavy atom. The Kier molecular flexibility index (Phi) is 3.56. The molecule has 1 aromatic heterocycles. The third-order valence-corrected chi connectivity index (χ3v) is 3.76. The maximum Gasteiger partial charge on any atom is 0.194 e. The van der Waals surface area contributed by atoms with E-state index in [1.165, 1.54) is 6.07 Å². The molecule has 1 aliphatic carbocycles. The van der Waals surface area contributed by atoms with Crippen LogP contribution in [0.15, 0.2) is 53.7 Å². The van der Waals surface area contributed by atoms with E-state index in [1.54, 1.807) is 18.3 Å². The van der Waals surface area contributed by atoms with Crippen molar-refractivity contribution in [2.45, 2.75) is 18.3 Å². The molecule has 1 aliphatic rings. The van der Waals surface area contributed by atoms with Gasteiger partial charge < -0.3 is 11.1 Å². The summed E-state index contributed by atoms with van der Waals surface area (Å²) in [4.78, 5) is 8.51. The molecule has 21 heavy (non-hydrogen) atoms. The van der Waals surface area contributed by atoms with Crippen molar-refractivity contribution in [2.24, 2.45) is 10.7 Å². The Morgan fingerprint density at radius 3 is 2.81 bits per heavy atom. The zero-order chi connectivity index (χ0) is 14.7. The standard InChI is InChI=1S/C16H17FN4/c17-13-5-3-4-12(10-13)16(7-8-16)11-20-15(18)21-14-6-1-2-9-19-14/h1-6,9-10H,7-8,11H2,(H3,18,19,20,21). The highest BCUT2D eigenvalue weighted by molar-refractivity contribution is 5.91. The Balaban J connectivity index is 1.68. The number of nitrogens with zero attached hydrogens (tertiary/aromatic N) is 2. The fourth-order valence-corrected chi connectivity index (χ4v) is 2.35. The molecule has 1 saturated carbocycles. The molecule has 0 bridgehead atoms. The number of pyridine rings is 1. The number of nitrogens with two attached hydrogens (primary N) is 1. The van der Waals surface area contributed by atoms with Crippen molar-refractivity contribution in [3.8, 4) is 0 Å². The summed E-state index contributed by atoms with van der Waals surface area (Å²) < 4.78 is 13.3. The van der Waals surface area contributed by atoms with Gasteiger partial charge in [0.05, 0.1) is 6.54 Å². The molecule has 108 valence electrons. The van der Waals surface area contributed by atoms with Crippen molar-refractivity contribution in [2.75, 3.05) is 11.9 Å². The van der Waals surface area contributed by atoms with E-state index < -0.39 is 0 Å². The Labute approximate surface area is 122 Å². The Hall–Kier alpha value is -2.43. The van der Waals surface area contributed by atoms with Gasteiger partial charge >= 0.3 is 0 Å². The maximum atomic E-state index is 13.3. The summed E-state index contributed by atoms with van der Waals surface area (Å²) in [5.74, 6) is 0.785. The van der Waals surface area contributed by atoms with Crippen molar-refractivity contribution in [1.82, 2.24) is 4.98 Å². The number of nitrogens with one attached hydrogen (secondary N) is 1. The molecule has 1 heterocycles. The summed E-state index contributed by atoms with van der Waals surface area (Å²) in [6, 6.07) is 12.3. The van der Waals surface area contributed by atoms with Crippen LogP contribution < -0.4 is 11.1 Å². The molecule has 0 atom stereocenters. The van der Waals surface area contributed by atoms with Crippen LogP contribution in [0, 0.1) is 5.82 Å². The normalized spacial score (nSPS) is 16.5. The number of benzene rings is 1. The average Bonchev–Trinajstić information content (AvgIpc) is 3.28. The van der Waals surface area contributed by atoms with Crippen molar-refractivity contribution >= 4 is 11.8 Å². The monoisotopic (exact) mass is 284 g/mol. The Bertz CT molecular complexity index is 650. The van der Waals surface area contributed by atoms with Gasteiger partial charge in [0.15, 0.2) is 5.96 Å². The third-order valence-electron chi connectivity index (χ3n) is 3.76. The topological polar surface area (TPSA) is 63.3 Å². The van der Waals surface area contributed by atoms with Gasteiger partial charge in [-0.2, -0.15) is 0 Å². The average molecular weight is 284 g/mol. The van der Waals surface area contributed by atoms with Gasteiger partial charge in [0, 0.05) is 11.6 Å². The maximum absolute atomic E-state index is 13.3. The van der Waals surface area contributed by atoms with Crippen LogP contribution >= 0.6 is 0 Å². The summed E-state index contributed by atoms with van der Waals surface area (Å²) in [6.07, 6.45) is 3.71. The van der Waals surface area contributed by atoms with Crippen molar-refractivity contribution in [1.29, 1.82) is 0 Å². The van der Waals surface area contributed by atoms with E-state index in [-0.39, 0.29) is 11.2 Å². The summed E-state index contributed by atoms with van der Waals surface area (Å²) in [5.41, 5.74) is 6.81. The molecule has 1 fully saturated rings. The van der Waals surface area contributed by atoms with Crippen LogP contribution in [-0.4, -0.2) is 17.5 Å². The molecule has 2 aromatic rings. The molecule has 3 N–H and O–H groups in total. The minimum absolute atomic E-state index is 0.0570. The van der Waals surface area contributed by atoms with E-state index >= 15 is 0 Å². The van der Waals surface area contributed by atoms with Gasteiger partial charge in [-0.15, -0.1) is 0 Å². The minimum atomic E-state index is -0.206. The summed E-state index contributed by atoms with van der Waals surface area (Å²) >= 11 is 0. The van der Waals surface area contributed by atoms with Crippen LogP contribution in [-0.2, 0) is 5.41 Å². The van der Waals surface area contributed by atoms with Gasteiger partial charge in [0.2, 0.25) is 0 Å². The van der Waals surface area contributed by atoms with Crippen LogP contribution in [0.2, 0.25) is 0 Å². The zero-order valence-electron chi connectivity index (χ0n) is 11.6. The molecule has 0 unspecified atom stereocenters. The molecule has 5 heteroatoms. The second kappa shape index (κ2) is 5.52. The highest BCUT2D eigenvalue weighted by Gasteiger charge is 2.44. The first-order valence-corrected chi connectivity index (χ1v) is 6.92. The molecule has 4 nitrogen and oxygen atoms in total. The van der Waals surface area contributed by atoms with Gasteiger partial charge in [-0.3, -0.25) is 4.99 Å². The van der Waals surface area contributed by atoms with E-state index in [0.717, 1.165) is 18.4 Å². The molecule has 0 saturated heterocycles. The van der Waals surface area contributed by atoms with Crippen LogP contribution in [0.25, 0.3) is 0 Å². The fraction of sp³-hybridized carbons (Fsp3) is 0.250. The van der Waals surface area contributed by atoms with Gasteiger partial charge in [-0.1, -0.05) is 18.2 Å². The Morgan fingerprint density at radius 1 is 1.29 bits per heavy atom. The van der Waals surface area contributed by atoms with E-state index in [4.69, 9.17) is 5.73 Å². The first-order chi connectivity index (χ1) is 10.2. The highest BCUT2D eigenvalue weighted by Crippen LogP contribution is 2.48. The lowest BCUT2D eigenvalue weighted by Gasteiger charge is -2.13. The smallest absolute Gasteiger partial charge is 0.194 e. The second-order valence-electron chi connectivity index (χ2n) is 5.33. The van der Waals surface area contributed by atoms with Crippen molar-refractivity contribution in [3.05, 3.63) is 60.0 Å². The molecule has 3 rings (SSSR count). The number of aliphatic imine (C=N–C) groups is 1. The number of aromatic nitrogens is 1. The molecular weight excluding hydrogens is 267 g/mol. The van der Waals surface area contributed by atoms with E-state index in [9.17, 15) is 4.39 Å². The van der Waals surface area contributed by atoms with Gasteiger partial charge in [0.1, 0.15) is 11.6 Å². The molecule has 1 aromatic carbocycles. The zero-order valence-corrected chi connectivity index (χ0v) is 11.6. The third kappa shape index (κ3) is 3.18. The van der Waals surface area contributed by atoms with Crippen LogP contribution in [0.4, 0.5) is 10.2 Å². The lowest BCUT2D eigenvalue weighted by atomic mass is 9.96. The number of hydrogen-bond donors (Lipinski definition) is 2. The SMILES string of the molecule is NC(=NCC1(c2cccc(F)c2)CC1)Nc1ccccn1. The van der Waals surface area contributed by atoms with Crippen molar-refractivity contribution < 1.29 is 4.39 Å². The number of anilines is 1. The molecule has 0 radical (unpaired) electrons. The van der Waals surface area contributed by atoms with E-state index in [0.29, 0.717) is 18.3 Å². The lowest BCUT2D eigenvalue weighted by molar-refractivity contribution is 0.616. The van der Waals surface area contributed by atoms with Gasteiger partial charge in [0.25, 0.3) is 0 Å². The van der Waals surface area contributed by atoms with Crippen LogP contribution in [0.1, 0.15) is 18.4 Å². The first-order valence-electron chi connectivity index (χ1n) is 6.92. The predicted molar refractivity (Wildman–Crippen MR) is 81.7 cm³/mol. The van der Waals surface area contributed by atoms with Crippen molar-refractivity contribution in [3.63, 3.8) is 0 Å². The largest absolute Gasteiger partial charge is 0.370 e. The number of guanidine groups is 1. The minimum Gasteiger partial charge on any atom is -0.370 e. The van der Waals surface area contributed by atoms with Gasteiger partial charge in [-0.25, -0.2) is 9.37 Å². The summed E-state index contributed by atoms with van der Waals surface area (Å²) in [7, 11) is 0.